The lowest BCUT2D eigenvalue weighted by molar-refractivity contribution is 0.383. The van der Waals surface area contributed by atoms with Crippen LogP contribution in [0.15, 0.2) is 0 Å². The molecule has 1 rings (SSSR count). The molecule has 0 aliphatic heterocycles. The lowest BCUT2D eigenvalue weighted by Crippen LogP contribution is -2.13. The van der Waals surface area contributed by atoms with Gasteiger partial charge in [-0.15, -0.1) is 0 Å². The smallest absolute Gasteiger partial charge is 0.154 e. The molecule has 0 atom stereocenters. The van der Waals surface area contributed by atoms with Gasteiger partial charge in [0.1, 0.15) is 15.7 Å². The van der Waals surface area contributed by atoms with Gasteiger partial charge in [-0.1, -0.05) is 0 Å². The van der Waals surface area contributed by atoms with E-state index in [4.69, 9.17) is 0 Å². The van der Waals surface area contributed by atoms with Crippen molar-refractivity contribution < 1.29 is 20.4 Å². The van der Waals surface area contributed by atoms with Gasteiger partial charge >= 0.3 is 0 Å². The van der Waals surface area contributed by atoms with Crippen LogP contribution in [0.3, 0.4) is 0 Å². The molecule has 0 aliphatic rings. The average molecular weight is 166 g/mol. The number of phenols is 4. The molecule has 4 nitrogen and oxygen atoms in total. The van der Waals surface area contributed by atoms with Gasteiger partial charge in [0.15, 0.2) is 23.0 Å². The van der Waals surface area contributed by atoms with E-state index in [9.17, 15) is 20.4 Å². The number of hydrogen-bond acceptors (Lipinski definition) is 4. The molecular weight excluding hydrogens is 158 g/mol. The van der Waals surface area contributed by atoms with Gasteiger partial charge in [0.25, 0.3) is 0 Å². The van der Waals surface area contributed by atoms with E-state index in [0.717, 1.165) is 0 Å². The van der Waals surface area contributed by atoms with Crippen molar-refractivity contribution in [1.82, 2.24) is 0 Å². The van der Waals surface area contributed by atoms with Crippen molar-refractivity contribution in [2.24, 2.45) is 0 Å². The first-order valence-corrected chi connectivity index (χ1v) is 3.39. The molecule has 0 fully saturated rings. The SMILES string of the molecule is Bc1c(O)c(O)c(B)c(O)c1O. The predicted molar refractivity (Wildman–Crippen MR) is 49.5 cm³/mol. The minimum atomic E-state index is -0.400. The highest BCUT2D eigenvalue weighted by Crippen LogP contribution is 2.30. The first-order chi connectivity index (χ1) is 5.46. The Morgan fingerprint density at radius 2 is 0.750 bits per heavy atom. The van der Waals surface area contributed by atoms with Crippen LogP contribution >= 0.6 is 0 Å². The molecule has 62 valence electrons. The molecular formula is C6H8B2O4. The Morgan fingerprint density at radius 3 is 0.917 bits per heavy atom. The minimum Gasteiger partial charge on any atom is -0.505 e. The van der Waals surface area contributed by atoms with Crippen molar-refractivity contribution in [2.45, 2.75) is 0 Å². The Hall–Kier alpha value is -1.45. The molecule has 0 aromatic heterocycles. The molecule has 0 spiro atoms. The van der Waals surface area contributed by atoms with E-state index in [1.54, 1.807) is 0 Å². The Bertz CT molecular complexity index is 232. The summed E-state index contributed by atoms with van der Waals surface area (Å²) in [6.07, 6.45) is 0. The molecule has 0 aliphatic carbocycles. The van der Waals surface area contributed by atoms with Crippen LogP contribution in [0.25, 0.3) is 0 Å². The third-order valence-corrected chi connectivity index (χ3v) is 1.87. The van der Waals surface area contributed by atoms with Gasteiger partial charge in [-0.3, -0.25) is 0 Å². The van der Waals surface area contributed by atoms with Gasteiger partial charge in [-0.05, 0) is 0 Å². The summed E-state index contributed by atoms with van der Waals surface area (Å²) in [5.74, 6) is -1.60. The number of rotatable bonds is 0. The third kappa shape index (κ3) is 0.958. The maximum absolute atomic E-state index is 9.17. The van der Waals surface area contributed by atoms with E-state index in [1.165, 1.54) is 15.7 Å². The first kappa shape index (κ1) is 8.64. The molecule has 0 radical (unpaired) electrons. The van der Waals surface area contributed by atoms with Crippen molar-refractivity contribution in [2.75, 3.05) is 0 Å². The summed E-state index contributed by atoms with van der Waals surface area (Å²) in [5, 5.41) is 36.7. The Labute approximate surface area is 70.9 Å². The molecule has 0 saturated carbocycles. The molecule has 0 heterocycles. The van der Waals surface area contributed by atoms with Crippen LogP contribution < -0.4 is 10.9 Å². The molecule has 1 aromatic rings. The number of benzene rings is 1. The Kier molecular flexibility index (Phi) is 1.84. The van der Waals surface area contributed by atoms with Crippen molar-refractivity contribution in [1.29, 1.82) is 0 Å². The second kappa shape index (κ2) is 2.55. The molecule has 0 amide bonds. The van der Waals surface area contributed by atoms with Crippen LogP contribution in [-0.4, -0.2) is 36.1 Å². The van der Waals surface area contributed by atoms with Crippen LogP contribution in [0, 0.1) is 0 Å². The normalized spacial score (nSPS) is 10.0. The highest BCUT2D eigenvalue weighted by Gasteiger charge is 2.16. The fourth-order valence-electron chi connectivity index (χ4n) is 0.935. The predicted octanol–water partition coefficient (Wildman–Crippen LogP) is -2.97. The minimum absolute atomic E-state index is 0.0654. The van der Waals surface area contributed by atoms with Gasteiger partial charge in [-0.25, -0.2) is 0 Å². The monoisotopic (exact) mass is 166 g/mol. The zero-order chi connectivity index (χ0) is 9.46. The summed E-state index contributed by atoms with van der Waals surface area (Å²) in [6.45, 7) is 0. The summed E-state index contributed by atoms with van der Waals surface area (Å²) in [5.41, 5.74) is 0.131. The van der Waals surface area contributed by atoms with Crippen LogP contribution in [0.2, 0.25) is 0 Å². The lowest BCUT2D eigenvalue weighted by atomic mass is 9.85. The number of hydrogen-bond donors (Lipinski definition) is 4. The topological polar surface area (TPSA) is 80.9 Å². The Balaban J connectivity index is 3.60. The van der Waals surface area contributed by atoms with E-state index in [-0.39, 0.29) is 10.9 Å². The standard InChI is InChI=1S/C6H8B2O4/c7-1-3(9)5(11)2(8)6(12)4(1)10/h9-12H,7-8H2. The Morgan fingerprint density at radius 1 is 0.583 bits per heavy atom. The maximum atomic E-state index is 9.17. The van der Waals surface area contributed by atoms with Crippen molar-refractivity contribution in [3.8, 4) is 23.0 Å². The fourth-order valence-corrected chi connectivity index (χ4v) is 0.935. The van der Waals surface area contributed by atoms with Crippen LogP contribution in [0.1, 0.15) is 0 Å². The van der Waals surface area contributed by atoms with Crippen molar-refractivity contribution in [3.63, 3.8) is 0 Å². The lowest BCUT2D eigenvalue weighted by Gasteiger charge is -2.10. The van der Waals surface area contributed by atoms with E-state index in [2.05, 4.69) is 0 Å². The summed E-state index contributed by atoms with van der Waals surface area (Å²) in [6, 6.07) is 0. The van der Waals surface area contributed by atoms with Crippen molar-refractivity contribution in [3.05, 3.63) is 0 Å². The molecule has 0 saturated heterocycles. The third-order valence-electron chi connectivity index (χ3n) is 1.87. The quantitative estimate of drug-likeness (QED) is 0.188. The molecule has 6 heteroatoms. The van der Waals surface area contributed by atoms with E-state index >= 15 is 0 Å². The van der Waals surface area contributed by atoms with E-state index in [1.807, 2.05) is 0 Å². The van der Waals surface area contributed by atoms with E-state index < -0.39 is 23.0 Å². The molecule has 0 bridgehead atoms. The van der Waals surface area contributed by atoms with Gasteiger partial charge in [0, 0.05) is 10.9 Å². The second-order valence-corrected chi connectivity index (χ2v) is 2.64. The molecule has 4 N–H and O–H groups in total. The number of phenolic OH excluding ortho intramolecular Hbond substituents is 4. The van der Waals surface area contributed by atoms with Crippen LogP contribution in [0.4, 0.5) is 0 Å². The molecule has 0 unspecified atom stereocenters. The van der Waals surface area contributed by atoms with Gasteiger partial charge in [-0.2, -0.15) is 0 Å². The fraction of sp³-hybridized carbons (Fsp3) is 0. The summed E-state index contributed by atoms with van der Waals surface area (Å²) in [4.78, 5) is 0. The second-order valence-electron chi connectivity index (χ2n) is 2.64. The van der Waals surface area contributed by atoms with Gasteiger partial charge < -0.3 is 20.4 Å². The largest absolute Gasteiger partial charge is 0.505 e. The maximum Gasteiger partial charge on any atom is 0.154 e. The van der Waals surface area contributed by atoms with Crippen LogP contribution in [-0.2, 0) is 0 Å². The molecule has 12 heavy (non-hydrogen) atoms. The zero-order valence-electron chi connectivity index (χ0n) is 6.79. The average Bonchev–Trinajstić information content (AvgIpc) is 2.08. The highest BCUT2D eigenvalue weighted by atomic mass is 16.3. The van der Waals surface area contributed by atoms with Gasteiger partial charge in [0.05, 0.1) is 0 Å². The zero-order valence-corrected chi connectivity index (χ0v) is 6.79. The number of aromatic hydroxyl groups is 4. The van der Waals surface area contributed by atoms with Crippen LogP contribution in [0.5, 0.6) is 23.0 Å². The summed E-state index contributed by atoms with van der Waals surface area (Å²) in [7, 11) is 2.78. The summed E-state index contributed by atoms with van der Waals surface area (Å²) < 4.78 is 0. The summed E-state index contributed by atoms with van der Waals surface area (Å²) >= 11 is 0. The first-order valence-electron chi connectivity index (χ1n) is 3.39. The van der Waals surface area contributed by atoms with E-state index in [0.29, 0.717) is 0 Å². The molecule has 1 aromatic carbocycles. The highest BCUT2D eigenvalue weighted by molar-refractivity contribution is 6.42. The van der Waals surface area contributed by atoms with Gasteiger partial charge in [0.2, 0.25) is 0 Å². The van der Waals surface area contributed by atoms with Crippen molar-refractivity contribution >= 4 is 26.6 Å².